The molecule has 2 rings (SSSR count). The Morgan fingerprint density at radius 3 is 2.37 bits per heavy atom. The summed E-state index contributed by atoms with van der Waals surface area (Å²) in [6.45, 7) is 1.32. The SMILES string of the molecule is CSc1ccccc1C(=O)OCC(=O)N[C@@H](C)c1ccc(S(N)(=O)=O)cc1. The lowest BCUT2D eigenvalue weighted by molar-refractivity contribution is -0.124. The number of carbonyl (C=O) groups is 2. The summed E-state index contributed by atoms with van der Waals surface area (Å²) >= 11 is 1.42. The second kappa shape index (κ2) is 9.03. The van der Waals surface area contributed by atoms with Crippen LogP contribution in [0.5, 0.6) is 0 Å². The smallest absolute Gasteiger partial charge is 0.339 e. The van der Waals surface area contributed by atoms with E-state index in [0.29, 0.717) is 11.1 Å². The molecule has 0 fully saturated rings. The van der Waals surface area contributed by atoms with E-state index in [1.54, 1.807) is 37.3 Å². The number of benzene rings is 2. The number of rotatable bonds is 7. The number of primary sulfonamides is 1. The molecule has 0 saturated heterocycles. The van der Waals surface area contributed by atoms with Crippen molar-refractivity contribution in [2.24, 2.45) is 5.14 Å². The van der Waals surface area contributed by atoms with E-state index in [9.17, 15) is 18.0 Å². The number of hydrogen-bond donors (Lipinski definition) is 2. The zero-order chi connectivity index (χ0) is 20.0. The maximum atomic E-state index is 12.1. The first-order valence-electron chi connectivity index (χ1n) is 7.94. The van der Waals surface area contributed by atoms with E-state index in [0.717, 1.165) is 4.90 Å². The molecule has 0 aromatic heterocycles. The summed E-state index contributed by atoms with van der Waals surface area (Å²) in [5.74, 6) is -1.03. The van der Waals surface area contributed by atoms with Gasteiger partial charge < -0.3 is 10.1 Å². The molecule has 0 spiro atoms. The van der Waals surface area contributed by atoms with Gasteiger partial charge in [0.15, 0.2) is 6.61 Å². The fourth-order valence-electron chi connectivity index (χ4n) is 2.33. The van der Waals surface area contributed by atoms with E-state index in [1.807, 2.05) is 12.3 Å². The van der Waals surface area contributed by atoms with Crippen molar-refractivity contribution in [1.82, 2.24) is 5.32 Å². The summed E-state index contributed by atoms with van der Waals surface area (Å²) < 4.78 is 27.6. The highest BCUT2D eigenvalue weighted by molar-refractivity contribution is 7.98. The molecule has 0 unspecified atom stereocenters. The van der Waals surface area contributed by atoms with Gasteiger partial charge in [-0.25, -0.2) is 18.4 Å². The molecule has 1 atom stereocenters. The lowest BCUT2D eigenvalue weighted by atomic mass is 10.1. The Morgan fingerprint density at radius 2 is 1.78 bits per heavy atom. The van der Waals surface area contributed by atoms with E-state index in [-0.39, 0.29) is 4.90 Å². The first kappa shape index (κ1) is 20.9. The van der Waals surface area contributed by atoms with Crippen molar-refractivity contribution in [3.8, 4) is 0 Å². The molecule has 2 aromatic carbocycles. The number of esters is 1. The molecule has 144 valence electrons. The standard InChI is InChI=1S/C18H20N2O5S2/c1-12(13-7-9-14(10-8-13)27(19,23)24)20-17(21)11-25-18(22)15-5-3-4-6-16(15)26-2/h3-10,12H,11H2,1-2H3,(H,20,21)(H2,19,23,24)/t12-/m0/s1. The lowest BCUT2D eigenvalue weighted by Gasteiger charge is -2.15. The number of nitrogens with one attached hydrogen (secondary N) is 1. The van der Waals surface area contributed by atoms with Crippen molar-refractivity contribution >= 4 is 33.7 Å². The molecule has 0 saturated carbocycles. The number of amides is 1. The molecular weight excluding hydrogens is 388 g/mol. The topological polar surface area (TPSA) is 116 Å². The van der Waals surface area contributed by atoms with Gasteiger partial charge in [-0.2, -0.15) is 0 Å². The van der Waals surface area contributed by atoms with Crippen LogP contribution in [0.1, 0.15) is 28.9 Å². The van der Waals surface area contributed by atoms with E-state index in [4.69, 9.17) is 9.88 Å². The second-order valence-corrected chi connectivity index (χ2v) is 8.09. The van der Waals surface area contributed by atoms with Gasteiger partial charge in [-0.05, 0) is 43.0 Å². The third-order valence-electron chi connectivity index (χ3n) is 3.75. The maximum absolute atomic E-state index is 12.1. The molecule has 9 heteroatoms. The average molecular weight is 409 g/mol. The Labute approximate surface area is 162 Å². The largest absolute Gasteiger partial charge is 0.452 e. The molecule has 0 aliphatic rings. The van der Waals surface area contributed by atoms with Gasteiger partial charge in [0.05, 0.1) is 16.5 Å². The normalized spacial score (nSPS) is 12.3. The number of sulfonamides is 1. The zero-order valence-electron chi connectivity index (χ0n) is 14.8. The molecule has 3 N–H and O–H groups in total. The van der Waals surface area contributed by atoms with Crippen LogP contribution in [0.3, 0.4) is 0 Å². The van der Waals surface area contributed by atoms with Gasteiger partial charge in [0.1, 0.15) is 0 Å². The summed E-state index contributed by atoms with van der Waals surface area (Å²) in [4.78, 5) is 24.9. The molecule has 1 amide bonds. The van der Waals surface area contributed by atoms with Crippen molar-refractivity contribution in [1.29, 1.82) is 0 Å². The summed E-state index contributed by atoms with van der Waals surface area (Å²) in [5, 5.41) is 7.74. The molecule has 0 bridgehead atoms. The van der Waals surface area contributed by atoms with Crippen LogP contribution < -0.4 is 10.5 Å². The third kappa shape index (κ3) is 5.81. The second-order valence-electron chi connectivity index (χ2n) is 5.68. The van der Waals surface area contributed by atoms with Crippen LogP contribution in [0.15, 0.2) is 58.3 Å². The Kier molecular flexibility index (Phi) is 7.00. The van der Waals surface area contributed by atoms with Crippen molar-refractivity contribution in [3.63, 3.8) is 0 Å². The average Bonchev–Trinajstić information content (AvgIpc) is 2.65. The summed E-state index contributed by atoms with van der Waals surface area (Å²) in [6.07, 6.45) is 1.85. The molecule has 0 radical (unpaired) electrons. The van der Waals surface area contributed by atoms with Crippen molar-refractivity contribution in [2.75, 3.05) is 12.9 Å². The Hall–Kier alpha value is -2.36. The molecule has 7 nitrogen and oxygen atoms in total. The van der Waals surface area contributed by atoms with Gasteiger partial charge in [-0.1, -0.05) is 24.3 Å². The molecular formula is C18H20N2O5S2. The van der Waals surface area contributed by atoms with Gasteiger partial charge in [-0.3, -0.25) is 4.79 Å². The Morgan fingerprint density at radius 1 is 1.15 bits per heavy atom. The Bertz CT molecular complexity index is 927. The van der Waals surface area contributed by atoms with Crippen molar-refractivity contribution < 1.29 is 22.7 Å². The van der Waals surface area contributed by atoms with Crippen LogP contribution in [0.4, 0.5) is 0 Å². The van der Waals surface area contributed by atoms with E-state index >= 15 is 0 Å². The van der Waals surface area contributed by atoms with E-state index in [2.05, 4.69) is 5.32 Å². The van der Waals surface area contributed by atoms with Gasteiger partial charge in [-0.15, -0.1) is 11.8 Å². The maximum Gasteiger partial charge on any atom is 0.339 e. The fraction of sp³-hybridized carbons (Fsp3) is 0.222. The highest BCUT2D eigenvalue weighted by Crippen LogP contribution is 2.20. The fourth-order valence-corrected chi connectivity index (χ4v) is 3.44. The number of nitrogens with two attached hydrogens (primary N) is 1. The number of carbonyl (C=O) groups excluding carboxylic acids is 2. The minimum absolute atomic E-state index is 0.00818. The van der Waals surface area contributed by atoms with Gasteiger partial charge >= 0.3 is 5.97 Å². The Balaban J connectivity index is 1.92. The lowest BCUT2D eigenvalue weighted by Crippen LogP contribution is -2.31. The molecule has 0 aliphatic carbocycles. The van der Waals surface area contributed by atoms with Crippen LogP contribution in [0.25, 0.3) is 0 Å². The first-order valence-corrected chi connectivity index (χ1v) is 10.7. The third-order valence-corrected chi connectivity index (χ3v) is 5.47. The molecule has 0 heterocycles. The quantitative estimate of drug-likeness (QED) is 0.535. The van der Waals surface area contributed by atoms with Crippen molar-refractivity contribution in [3.05, 3.63) is 59.7 Å². The number of ether oxygens (including phenoxy) is 1. The molecule has 2 aromatic rings. The molecule has 27 heavy (non-hydrogen) atoms. The van der Waals surface area contributed by atoms with Crippen LogP contribution in [0, 0.1) is 0 Å². The van der Waals surface area contributed by atoms with Crippen LogP contribution in [0.2, 0.25) is 0 Å². The minimum atomic E-state index is -3.77. The zero-order valence-corrected chi connectivity index (χ0v) is 16.5. The predicted octanol–water partition coefficient (Wildman–Crippen LogP) is 2.09. The van der Waals surface area contributed by atoms with Gasteiger partial charge in [0, 0.05) is 4.90 Å². The monoisotopic (exact) mass is 408 g/mol. The van der Waals surface area contributed by atoms with Crippen LogP contribution >= 0.6 is 11.8 Å². The van der Waals surface area contributed by atoms with Crippen LogP contribution in [-0.4, -0.2) is 33.2 Å². The number of hydrogen-bond acceptors (Lipinski definition) is 6. The summed E-state index contributed by atoms with van der Waals surface area (Å²) in [5.41, 5.74) is 1.10. The molecule has 0 aliphatic heterocycles. The van der Waals surface area contributed by atoms with Crippen LogP contribution in [-0.2, 0) is 19.6 Å². The highest BCUT2D eigenvalue weighted by Gasteiger charge is 2.16. The summed E-state index contributed by atoms with van der Waals surface area (Å²) in [7, 11) is -3.77. The first-order chi connectivity index (χ1) is 12.7. The van der Waals surface area contributed by atoms with Crippen molar-refractivity contribution in [2.45, 2.75) is 22.8 Å². The minimum Gasteiger partial charge on any atom is -0.452 e. The predicted molar refractivity (Wildman–Crippen MR) is 103 cm³/mol. The van der Waals surface area contributed by atoms with Gasteiger partial charge in [0.2, 0.25) is 10.0 Å². The summed E-state index contributed by atoms with van der Waals surface area (Å²) in [6, 6.07) is 12.4. The van der Waals surface area contributed by atoms with Gasteiger partial charge in [0.25, 0.3) is 5.91 Å². The van der Waals surface area contributed by atoms with E-state index in [1.165, 1.54) is 23.9 Å². The number of thioether (sulfide) groups is 1. The van der Waals surface area contributed by atoms with E-state index < -0.39 is 34.5 Å². The highest BCUT2D eigenvalue weighted by atomic mass is 32.2.